The quantitative estimate of drug-likeness (QED) is 0.285. The van der Waals surface area contributed by atoms with Crippen LogP contribution in [-0.4, -0.2) is 22.2 Å². The van der Waals surface area contributed by atoms with Crippen molar-refractivity contribution < 1.29 is 9.22 Å². The number of ketones is 1. The molecule has 0 saturated carbocycles. The van der Waals surface area contributed by atoms with E-state index in [4.69, 9.17) is 4.43 Å². The number of Topliss-reactive ketones (excluding diaryl/α,β-unsaturated/α-hetero) is 1. The number of carbonyl (C=O) groups is 1. The Bertz CT molecular complexity index is 501. The number of rotatable bonds is 12. The van der Waals surface area contributed by atoms with Gasteiger partial charge >= 0.3 is 0 Å². The molecule has 1 aromatic carbocycles. The van der Waals surface area contributed by atoms with Gasteiger partial charge in [-0.15, -0.1) is 0 Å². The van der Waals surface area contributed by atoms with E-state index < -0.39 is 16.4 Å². The highest BCUT2D eigenvalue weighted by molar-refractivity contribution is 6.79. The number of hydrogen-bond acceptors (Lipinski definition) is 2. The van der Waals surface area contributed by atoms with Crippen molar-refractivity contribution >= 4 is 22.2 Å². The fourth-order valence-electron chi connectivity index (χ4n) is 3.73. The molecule has 25 heavy (non-hydrogen) atoms. The van der Waals surface area contributed by atoms with Crippen molar-refractivity contribution in [2.24, 2.45) is 0 Å². The fourth-order valence-corrected chi connectivity index (χ4v) is 9.62. The molecular weight excluding hydrogens is 340 g/mol. The van der Waals surface area contributed by atoms with Crippen molar-refractivity contribution in [1.29, 1.82) is 0 Å². The van der Waals surface area contributed by atoms with Crippen molar-refractivity contribution in [3.05, 3.63) is 29.8 Å². The molecule has 0 bridgehead atoms. The van der Waals surface area contributed by atoms with E-state index in [1.165, 1.54) is 18.1 Å². The van der Waals surface area contributed by atoms with Crippen molar-refractivity contribution in [2.75, 3.05) is 0 Å². The predicted molar refractivity (Wildman–Crippen MR) is 115 cm³/mol. The van der Waals surface area contributed by atoms with Gasteiger partial charge < -0.3 is 4.43 Å². The second kappa shape index (κ2) is 10.3. The topological polar surface area (TPSA) is 26.3 Å². The predicted octanol–water partition coefficient (Wildman–Crippen LogP) is 7.15. The third-order valence-electron chi connectivity index (χ3n) is 6.58. The highest BCUT2D eigenvalue weighted by Crippen LogP contribution is 2.28. The fraction of sp³-hybridized carbons (Fsp3) is 0.667. The van der Waals surface area contributed by atoms with Gasteiger partial charge in [-0.2, -0.15) is 0 Å². The van der Waals surface area contributed by atoms with Crippen LogP contribution >= 0.6 is 0 Å². The molecule has 0 aromatic heterocycles. The third-order valence-corrected chi connectivity index (χ3v) is 16.9. The molecule has 0 saturated heterocycles. The van der Waals surface area contributed by atoms with Gasteiger partial charge in [-0.05, 0) is 48.4 Å². The maximum Gasteiger partial charge on any atom is 0.250 e. The molecule has 0 aliphatic rings. The normalized spacial score (nSPS) is 12.2. The van der Waals surface area contributed by atoms with Crippen LogP contribution in [0.15, 0.2) is 24.3 Å². The Morgan fingerprint density at radius 3 is 1.68 bits per heavy atom. The average Bonchev–Trinajstić information content (AvgIpc) is 2.68. The molecule has 0 spiro atoms. The molecular formula is C21H38O2Si2. The summed E-state index contributed by atoms with van der Waals surface area (Å²) in [5.74, 6) is 1.23. The second-order valence-electron chi connectivity index (χ2n) is 7.35. The molecule has 1 rings (SSSR count). The van der Waals surface area contributed by atoms with E-state index in [1.54, 1.807) is 0 Å². The maximum atomic E-state index is 12.6. The number of benzene rings is 1. The first-order chi connectivity index (χ1) is 11.9. The van der Waals surface area contributed by atoms with E-state index in [-0.39, 0.29) is 0 Å². The minimum Gasteiger partial charge on any atom is -0.544 e. The molecule has 0 aliphatic heterocycles. The first-order valence-corrected chi connectivity index (χ1v) is 15.6. The molecule has 0 fully saturated rings. The van der Waals surface area contributed by atoms with E-state index in [2.05, 4.69) is 41.5 Å². The Morgan fingerprint density at radius 1 is 0.800 bits per heavy atom. The van der Waals surface area contributed by atoms with Crippen molar-refractivity contribution in [1.82, 2.24) is 0 Å². The van der Waals surface area contributed by atoms with E-state index in [1.807, 2.05) is 24.3 Å². The molecule has 0 radical (unpaired) electrons. The Kier molecular flexibility index (Phi) is 9.15. The Labute approximate surface area is 157 Å². The lowest BCUT2D eigenvalue weighted by atomic mass is 10.1. The summed E-state index contributed by atoms with van der Waals surface area (Å²) in [5, 5.41) is 0. The van der Waals surface area contributed by atoms with E-state index in [9.17, 15) is 4.79 Å². The standard InChI is InChI=1S/C21H38O2Si2/c1-7-24(8-2,9-3)18-17-21(22)19-13-15-20(16-14-19)23-25(10-4,11-5)12-6/h13-16H,7-12,17-18H2,1-6H3. The molecule has 2 nitrogen and oxygen atoms in total. The van der Waals surface area contributed by atoms with Crippen LogP contribution in [-0.2, 0) is 0 Å². The zero-order valence-corrected chi connectivity index (χ0v) is 19.3. The van der Waals surface area contributed by atoms with E-state index in [0.717, 1.165) is 35.5 Å². The Balaban J connectivity index is 2.74. The first-order valence-electron chi connectivity index (χ1n) is 10.3. The van der Waals surface area contributed by atoms with Crippen molar-refractivity contribution in [2.45, 2.75) is 90.3 Å². The Hall–Kier alpha value is -0.876. The first kappa shape index (κ1) is 22.2. The van der Waals surface area contributed by atoms with Gasteiger partial charge in [0.05, 0.1) is 8.07 Å². The highest BCUT2D eigenvalue weighted by atomic mass is 28.4. The van der Waals surface area contributed by atoms with Crippen molar-refractivity contribution in [3.63, 3.8) is 0 Å². The molecule has 0 unspecified atom stereocenters. The second-order valence-corrected chi connectivity index (χ2v) is 17.7. The largest absolute Gasteiger partial charge is 0.544 e. The third kappa shape index (κ3) is 5.81. The van der Waals surface area contributed by atoms with Crippen LogP contribution in [0.3, 0.4) is 0 Å². The van der Waals surface area contributed by atoms with Gasteiger partial charge in [0, 0.05) is 12.0 Å². The summed E-state index contributed by atoms with van der Waals surface area (Å²) >= 11 is 0. The van der Waals surface area contributed by atoms with Crippen LogP contribution in [0.5, 0.6) is 5.75 Å². The molecule has 0 heterocycles. The maximum absolute atomic E-state index is 12.6. The smallest absolute Gasteiger partial charge is 0.250 e. The van der Waals surface area contributed by atoms with E-state index in [0.29, 0.717) is 12.2 Å². The SMILES string of the molecule is CC[Si](CC)(CC)CCC(=O)c1ccc(O[Si](CC)(CC)CC)cc1. The average molecular weight is 379 g/mol. The summed E-state index contributed by atoms with van der Waals surface area (Å²) in [6, 6.07) is 16.3. The molecule has 4 heteroatoms. The minimum absolute atomic E-state index is 0.295. The lowest BCUT2D eigenvalue weighted by Gasteiger charge is -2.29. The zero-order valence-electron chi connectivity index (χ0n) is 17.3. The highest BCUT2D eigenvalue weighted by Gasteiger charge is 2.31. The summed E-state index contributed by atoms with van der Waals surface area (Å²) in [6.07, 6.45) is 0.708. The van der Waals surface area contributed by atoms with Crippen LogP contribution in [0.4, 0.5) is 0 Å². The number of carbonyl (C=O) groups excluding carboxylic acids is 1. The lowest BCUT2D eigenvalue weighted by molar-refractivity contribution is 0.0987. The van der Waals surface area contributed by atoms with Crippen LogP contribution in [0.25, 0.3) is 0 Å². The summed E-state index contributed by atoms with van der Waals surface area (Å²) in [5.41, 5.74) is 0.843. The number of hydrogen-bond donors (Lipinski definition) is 0. The van der Waals surface area contributed by atoms with Gasteiger partial charge in [0.25, 0.3) is 0 Å². The van der Waals surface area contributed by atoms with E-state index >= 15 is 0 Å². The molecule has 0 N–H and O–H groups in total. The van der Waals surface area contributed by atoms with Crippen LogP contribution in [0, 0.1) is 0 Å². The Morgan fingerprint density at radius 2 is 1.28 bits per heavy atom. The molecule has 1 aromatic rings. The minimum atomic E-state index is -1.64. The van der Waals surface area contributed by atoms with Gasteiger partial charge in [-0.1, -0.05) is 59.7 Å². The zero-order chi connectivity index (χ0) is 18.9. The summed E-state index contributed by atoms with van der Waals surface area (Å²) in [6.45, 7) is 13.6. The van der Waals surface area contributed by atoms with Gasteiger partial charge in [-0.3, -0.25) is 4.79 Å². The summed E-state index contributed by atoms with van der Waals surface area (Å²) < 4.78 is 6.39. The lowest BCUT2D eigenvalue weighted by Crippen LogP contribution is -2.39. The molecule has 0 amide bonds. The molecule has 142 valence electrons. The molecule has 0 atom stereocenters. The van der Waals surface area contributed by atoms with Gasteiger partial charge in [0.2, 0.25) is 8.32 Å². The molecule has 0 aliphatic carbocycles. The van der Waals surface area contributed by atoms with Crippen molar-refractivity contribution in [3.8, 4) is 5.75 Å². The summed E-state index contributed by atoms with van der Waals surface area (Å²) in [4.78, 5) is 12.6. The van der Waals surface area contributed by atoms with Gasteiger partial charge in [0.1, 0.15) is 5.75 Å². The summed E-state index contributed by atoms with van der Waals surface area (Å²) in [7, 11) is -2.85. The van der Waals surface area contributed by atoms with Crippen LogP contribution in [0.2, 0.25) is 42.3 Å². The van der Waals surface area contributed by atoms with Crippen LogP contribution < -0.4 is 4.43 Å². The monoisotopic (exact) mass is 378 g/mol. The van der Waals surface area contributed by atoms with Gasteiger partial charge in [0.15, 0.2) is 5.78 Å². The van der Waals surface area contributed by atoms with Gasteiger partial charge in [-0.25, -0.2) is 0 Å². The van der Waals surface area contributed by atoms with Crippen LogP contribution in [0.1, 0.15) is 58.3 Å².